The summed E-state index contributed by atoms with van der Waals surface area (Å²) in [5.74, 6) is 0.684. The number of amides is 2. The van der Waals surface area contributed by atoms with Crippen molar-refractivity contribution in [3.8, 4) is 0 Å². The quantitative estimate of drug-likeness (QED) is 0.788. The molecule has 0 unspecified atom stereocenters. The first kappa shape index (κ1) is 17.7. The van der Waals surface area contributed by atoms with E-state index in [4.69, 9.17) is 0 Å². The van der Waals surface area contributed by atoms with Crippen molar-refractivity contribution >= 4 is 17.5 Å². The summed E-state index contributed by atoms with van der Waals surface area (Å²) in [6.45, 7) is 4.01. The summed E-state index contributed by atoms with van der Waals surface area (Å²) in [6.07, 6.45) is -0.749. The number of benzene rings is 1. The number of carbonyl (C=O) groups excluding carboxylic acids is 1. The molecule has 0 aliphatic heterocycles. The number of aryl methyl sites for hydroxylation is 2. The van der Waals surface area contributed by atoms with Crippen LogP contribution in [0, 0.1) is 13.8 Å². The van der Waals surface area contributed by atoms with Gasteiger partial charge in [-0.2, -0.15) is 0 Å². The molecular formula is C18H24N4O2. The second kappa shape index (κ2) is 7.79. The summed E-state index contributed by atoms with van der Waals surface area (Å²) in [6, 6.07) is 10.8. The zero-order valence-corrected chi connectivity index (χ0v) is 14.5. The first-order chi connectivity index (χ1) is 11.4. The summed E-state index contributed by atoms with van der Waals surface area (Å²) in [4.78, 5) is 18.3. The highest BCUT2D eigenvalue weighted by atomic mass is 16.3. The van der Waals surface area contributed by atoms with E-state index in [1.54, 1.807) is 0 Å². The highest BCUT2D eigenvalue weighted by Gasteiger charge is 2.12. The van der Waals surface area contributed by atoms with Gasteiger partial charge >= 0.3 is 6.03 Å². The summed E-state index contributed by atoms with van der Waals surface area (Å²) in [5, 5.41) is 15.6. The van der Waals surface area contributed by atoms with Gasteiger partial charge in [-0.3, -0.25) is 0 Å². The van der Waals surface area contributed by atoms with Crippen LogP contribution in [0.2, 0.25) is 0 Å². The van der Waals surface area contributed by atoms with Crippen LogP contribution in [0.4, 0.5) is 16.3 Å². The Morgan fingerprint density at radius 1 is 1.17 bits per heavy atom. The Morgan fingerprint density at radius 2 is 1.83 bits per heavy atom. The van der Waals surface area contributed by atoms with E-state index in [1.807, 2.05) is 69.2 Å². The fraction of sp³-hybridized carbons (Fsp3) is 0.333. The summed E-state index contributed by atoms with van der Waals surface area (Å²) >= 11 is 0. The lowest BCUT2D eigenvalue weighted by Crippen LogP contribution is -2.33. The number of aliphatic hydroxyl groups excluding tert-OH is 1. The Balaban J connectivity index is 1.95. The van der Waals surface area contributed by atoms with Crippen LogP contribution in [0.5, 0.6) is 0 Å². The summed E-state index contributed by atoms with van der Waals surface area (Å²) in [7, 11) is 3.73. The van der Waals surface area contributed by atoms with Crippen LogP contribution in [0.15, 0.2) is 36.4 Å². The molecule has 1 aromatic heterocycles. The minimum Gasteiger partial charge on any atom is -0.387 e. The number of rotatable bonds is 5. The molecule has 1 heterocycles. The molecule has 128 valence electrons. The first-order valence-corrected chi connectivity index (χ1v) is 7.81. The number of pyridine rings is 1. The van der Waals surface area contributed by atoms with Crippen molar-refractivity contribution in [1.29, 1.82) is 0 Å². The second-order valence-corrected chi connectivity index (χ2v) is 5.98. The highest BCUT2D eigenvalue weighted by molar-refractivity contribution is 5.92. The molecule has 2 aromatic rings. The summed E-state index contributed by atoms with van der Waals surface area (Å²) < 4.78 is 0. The van der Waals surface area contributed by atoms with Crippen LogP contribution in [0.25, 0.3) is 0 Å². The number of anilines is 2. The van der Waals surface area contributed by atoms with Crippen molar-refractivity contribution < 1.29 is 9.90 Å². The van der Waals surface area contributed by atoms with E-state index < -0.39 is 6.10 Å². The number of aromatic nitrogens is 1. The van der Waals surface area contributed by atoms with Crippen LogP contribution < -0.4 is 15.5 Å². The smallest absolute Gasteiger partial charge is 0.319 e. The van der Waals surface area contributed by atoms with Crippen LogP contribution in [0.1, 0.15) is 22.9 Å². The lowest BCUT2D eigenvalue weighted by atomic mass is 10.1. The van der Waals surface area contributed by atoms with Gasteiger partial charge in [-0.25, -0.2) is 9.78 Å². The molecule has 0 aliphatic rings. The number of hydrogen-bond acceptors (Lipinski definition) is 4. The maximum Gasteiger partial charge on any atom is 0.319 e. The number of nitrogens with zero attached hydrogens (tertiary/aromatic N) is 2. The largest absolute Gasteiger partial charge is 0.387 e. The van der Waals surface area contributed by atoms with E-state index in [9.17, 15) is 9.90 Å². The van der Waals surface area contributed by atoms with Crippen molar-refractivity contribution in [3.05, 3.63) is 53.2 Å². The SMILES string of the molecule is Cc1ccc([C@@H](O)CNC(=O)Nc2ccc(C)nc2N(C)C)cc1. The van der Waals surface area contributed by atoms with E-state index in [0.29, 0.717) is 11.5 Å². The summed E-state index contributed by atoms with van der Waals surface area (Å²) in [5.41, 5.74) is 3.39. The molecule has 2 amide bonds. The van der Waals surface area contributed by atoms with Gasteiger partial charge in [0.15, 0.2) is 5.82 Å². The number of carbonyl (C=O) groups is 1. The Bertz CT molecular complexity index is 699. The molecule has 1 aromatic carbocycles. The standard InChI is InChI=1S/C18H24N4O2/c1-12-5-8-14(9-6-12)16(23)11-19-18(24)21-15-10-7-13(2)20-17(15)22(3)4/h5-10,16,23H,11H2,1-4H3,(H2,19,21,24)/t16-/m0/s1. The van der Waals surface area contributed by atoms with Gasteiger partial charge in [0.1, 0.15) is 0 Å². The van der Waals surface area contributed by atoms with Gasteiger partial charge < -0.3 is 20.6 Å². The third kappa shape index (κ3) is 4.70. The van der Waals surface area contributed by atoms with Crippen molar-refractivity contribution in [1.82, 2.24) is 10.3 Å². The second-order valence-electron chi connectivity index (χ2n) is 5.98. The lowest BCUT2D eigenvalue weighted by Gasteiger charge is -2.18. The molecule has 3 N–H and O–H groups in total. The Labute approximate surface area is 142 Å². The number of nitrogens with one attached hydrogen (secondary N) is 2. The van der Waals surface area contributed by atoms with Crippen molar-refractivity contribution in [3.63, 3.8) is 0 Å². The van der Waals surface area contributed by atoms with Gasteiger partial charge in [-0.15, -0.1) is 0 Å². The molecule has 0 bridgehead atoms. The van der Waals surface area contributed by atoms with E-state index in [-0.39, 0.29) is 12.6 Å². The fourth-order valence-corrected chi connectivity index (χ4v) is 2.24. The van der Waals surface area contributed by atoms with Gasteiger partial charge in [0.2, 0.25) is 0 Å². The third-order valence-electron chi connectivity index (χ3n) is 3.60. The molecular weight excluding hydrogens is 304 g/mol. The van der Waals surface area contributed by atoms with E-state index >= 15 is 0 Å². The molecule has 24 heavy (non-hydrogen) atoms. The normalized spacial score (nSPS) is 11.7. The van der Waals surface area contributed by atoms with E-state index in [2.05, 4.69) is 15.6 Å². The van der Waals surface area contributed by atoms with Gasteiger partial charge in [0.25, 0.3) is 0 Å². The molecule has 6 nitrogen and oxygen atoms in total. The third-order valence-corrected chi connectivity index (χ3v) is 3.60. The van der Waals surface area contributed by atoms with Crippen molar-refractivity contribution in [2.45, 2.75) is 20.0 Å². The van der Waals surface area contributed by atoms with Crippen LogP contribution in [-0.2, 0) is 0 Å². The molecule has 6 heteroatoms. The molecule has 0 spiro atoms. The van der Waals surface area contributed by atoms with Crippen LogP contribution in [-0.4, -0.2) is 36.8 Å². The zero-order chi connectivity index (χ0) is 17.7. The van der Waals surface area contributed by atoms with Crippen molar-refractivity contribution in [2.24, 2.45) is 0 Å². The zero-order valence-electron chi connectivity index (χ0n) is 14.5. The number of hydrogen-bond donors (Lipinski definition) is 3. The molecule has 0 saturated heterocycles. The lowest BCUT2D eigenvalue weighted by molar-refractivity contribution is 0.175. The monoisotopic (exact) mass is 328 g/mol. The van der Waals surface area contributed by atoms with E-state index in [0.717, 1.165) is 16.8 Å². The Hall–Kier alpha value is -2.60. The molecule has 0 saturated carbocycles. The maximum absolute atomic E-state index is 12.1. The predicted octanol–water partition coefficient (Wildman–Crippen LogP) is 2.62. The molecule has 0 fully saturated rings. The van der Waals surface area contributed by atoms with Crippen molar-refractivity contribution in [2.75, 3.05) is 30.9 Å². The Morgan fingerprint density at radius 3 is 2.46 bits per heavy atom. The van der Waals surface area contributed by atoms with Gasteiger partial charge in [-0.1, -0.05) is 29.8 Å². The van der Waals surface area contributed by atoms with E-state index in [1.165, 1.54) is 0 Å². The highest BCUT2D eigenvalue weighted by Crippen LogP contribution is 2.21. The minimum absolute atomic E-state index is 0.130. The molecule has 2 rings (SSSR count). The number of urea groups is 1. The van der Waals surface area contributed by atoms with Crippen LogP contribution >= 0.6 is 0 Å². The first-order valence-electron chi connectivity index (χ1n) is 7.81. The number of aliphatic hydroxyl groups is 1. The van der Waals surface area contributed by atoms with Crippen LogP contribution in [0.3, 0.4) is 0 Å². The topological polar surface area (TPSA) is 77.5 Å². The fourth-order valence-electron chi connectivity index (χ4n) is 2.24. The Kier molecular flexibility index (Phi) is 5.76. The van der Waals surface area contributed by atoms with Gasteiger partial charge in [0, 0.05) is 26.3 Å². The average Bonchev–Trinajstić information content (AvgIpc) is 2.54. The van der Waals surface area contributed by atoms with Gasteiger partial charge in [0.05, 0.1) is 11.8 Å². The molecule has 0 aliphatic carbocycles. The maximum atomic E-state index is 12.1. The molecule has 0 radical (unpaired) electrons. The van der Waals surface area contributed by atoms with Gasteiger partial charge in [-0.05, 0) is 31.5 Å². The molecule has 1 atom stereocenters. The average molecular weight is 328 g/mol. The minimum atomic E-state index is -0.749. The predicted molar refractivity (Wildman–Crippen MR) is 96.5 cm³/mol.